The molecule has 2 aliphatic rings. The molecule has 1 amide bonds. The summed E-state index contributed by atoms with van der Waals surface area (Å²) in [6, 6.07) is 21.5. The van der Waals surface area contributed by atoms with Crippen molar-refractivity contribution in [2.75, 3.05) is 44.5 Å². The van der Waals surface area contributed by atoms with Gasteiger partial charge in [0.25, 0.3) is 0 Å². The van der Waals surface area contributed by atoms with Crippen molar-refractivity contribution in [1.29, 1.82) is 0 Å². The number of hydrogen-bond donors (Lipinski definition) is 1. The molecule has 10 heteroatoms. The van der Waals surface area contributed by atoms with E-state index in [1.54, 1.807) is 12.1 Å². The molecule has 62 heavy (non-hydrogen) atoms. The Balaban J connectivity index is 1.47. The van der Waals surface area contributed by atoms with Crippen LogP contribution in [0, 0.1) is 11.7 Å². The Morgan fingerprint density at radius 2 is 1.35 bits per heavy atom. The van der Waals surface area contributed by atoms with E-state index in [9.17, 15) is 14.3 Å². The van der Waals surface area contributed by atoms with Crippen molar-refractivity contribution < 1.29 is 42.7 Å². The molecule has 2 saturated heterocycles. The van der Waals surface area contributed by atoms with Crippen LogP contribution in [-0.4, -0.2) is 81.2 Å². The maximum absolute atomic E-state index is 14.0. The number of rotatable bonds is 29. The van der Waals surface area contributed by atoms with Crippen LogP contribution in [0.25, 0.3) is 6.08 Å². The van der Waals surface area contributed by atoms with Crippen LogP contribution in [0.5, 0.6) is 5.75 Å². The lowest BCUT2D eigenvalue weighted by atomic mass is 9.77. The molecular formula is C52H74FNO8. The fraction of sp³-hybridized carbons (Fsp3) is 0.596. The molecule has 1 N–H and O–H groups in total. The van der Waals surface area contributed by atoms with Crippen LogP contribution in [-0.2, 0) is 28.5 Å². The number of carbonyl (C=O) groups excluding carboxylic acids is 1. The zero-order valence-corrected chi connectivity index (χ0v) is 38.1. The van der Waals surface area contributed by atoms with E-state index in [0.29, 0.717) is 58.0 Å². The minimum Gasteiger partial charge on any atom is -0.493 e. The average molecular weight is 860 g/mol. The number of hydrogen-bond acceptors (Lipinski definition) is 8. The SMILES string of the molecule is CCCCOCC1O[C@@H](/C=C/c2ccc([C@@H]3[C@@H](CC[C@H](O)c4ccc(F)cc4)C(=O)N3c3ccccc3)c(OCCCC)c2)[C@@H](OCCCC)C(OCCCC)[C@@H]1OCCCC. The fourth-order valence-electron chi connectivity index (χ4n) is 8.16. The predicted octanol–water partition coefficient (Wildman–Crippen LogP) is 11.4. The van der Waals surface area contributed by atoms with Gasteiger partial charge in [0.05, 0.1) is 31.3 Å². The number of nitrogens with zero attached hydrogens (tertiary/aromatic N) is 1. The number of aliphatic hydroxyl groups is 1. The third-order valence-electron chi connectivity index (χ3n) is 11.9. The van der Waals surface area contributed by atoms with Crippen molar-refractivity contribution >= 4 is 17.7 Å². The van der Waals surface area contributed by atoms with Gasteiger partial charge < -0.3 is 38.4 Å². The summed E-state index contributed by atoms with van der Waals surface area (Å²) < 4.78 is 53.4. The molecule has 342 valence electrons. The minimum absolute atomic E-state index is 0.000430. The summed E-state index contributed by atoms with van der Waals surface area (Å²) in [6.45, 7) is 14.2. The van der Waals surface area contributed by atoms with E-state index in [1.165, 1.54) is 12.1 Å². The highest BCUT2D eigenvalue weighted by Crippen LogP contribution is 2.49. The number of ether oxygens (including phenoxy) is 6. The van der Waals surface area contributed by atoms with Gasteiger partial charge in [0.15, 0.2) is 0 Å². The van der Waals surface area contributed by atoms with Crippen LogP contribution in [0.4, 0.5) is 10.1 Å². The highest BCUT2D eigenvalue weighted by atomic mass is 19.1. The van der Waals surface area contributed by atoms with Crippen LogP contribution in [0.2, 0.25) is 0 Å². The summed E-state index contributed by atoms with van der Waals surface area (Å²) >= 11 is 0. The van der Waals surface area contributed by atoms with Crippen LogP contribution >= 0.6 is 0 Å². The number of benzene rings is 3. The standard InChI is InChI=1S/C52H74FNO8/c1-6-11-31-57-37-47-50(60-34-14-9-4)51(61-35-15-10-5)49(59-33-13-8-3)45(62-47)30-22-38-21-27-42(46(36-38)58-32-12-7-2)48-43(52(56)54(48)41-19-17-16-18-20-41)28-29-44(55)39-23-25-40(53)26-24-39/h16-27,30,36,43-45,47-51,55H,6-15,28-29,31-35,37H2,1-5H3/b30-22+/t43-,44+,45+,47?,48-,49-,50-,51?/m1/s1. The lowest BCUT2D eigenvalue weighted by molar-refractivity contribution is -0.256. The first-order valence-electron chi connectivity index (χ1n) is 23.7. The van der Waals surface area contributed by atoms with Crippen molar-refractivity contribution in [3.63, 3.8) is 0 Å². The van der Waals surface area contributed by atoms with Gasteiger partial charge in [0.1, 0.15) is 42.1 Å². The van der Waals surface area contributed by atoms with E-state index in [-0.39, 0.29) is 48.1 Å². The Morgan fingerprint density at radius 3 is 2.02 bits per heavy atom. The second kappa shape index (κ2) is 26.9. The van der Waals surface area contributed by atoms with Gasteiger partial charge in [-0.1, -0.05) is 121 Å². The van der Waals surface area contributed by atoms with Crippen molar-refractivity contribution in [3.05, 3.63) is 101 Å². The molecule has 3 aromatic rings. The van der Waals surface area contributed by atoms with Gasteiger partial charge in [0, 0.05) is 37.7 Å². The summed E-state index contributed by atoms with van der Waals surface area (Å²) in [5.41, 5.74) is 3.28. The lowest BCUT2D eigenvalue weighted by Crippen LogP contribution is -2.61. The third-order valence-corrected chi connectivity index (χ3v) is 11.9. The van der Waals surface area contributed by atoms with E-state index in [2.05, 4.69) is 65.0 Å². The summed E-state index contributed by atoms with van der Waals surface area (Å²) in [6.07, 6.45) is 12.1. The molecule has 2 aliphatic heterocycles. The first-order chi connectivity index (χ1) is 30.3. The van der Waals surface area contributed by atoms with E-state index < -0.39 is 12.2 Å². The Kier molecular flexibility index (Phi) is 21.4. The summed E-state index contributed by atoms with van der Waals surface area (Å²) in [7, 11) is 0. The number of amides is 1. The maximum atomic E-state index is 14.0. The number of aliphatic hydroxyl groups excluding tert-OH is 1. The molecular weight excluding hydrogens is 786 g/mol. The molecule has 8 atom stereocenters. The maximum Gasteiger partial charge on any atom is 0.233 e. The summed E-state index contributed by atoms with van der Waals surface area (Å²) in [5.74, 6) is -0.0195. The predicted molar refractivity (Wildman–Crippen MR) is 245 cm³/mol. The Morgan fingerprint density at radius 1 is 0.742 bits per heavy atom. The Bertz CT molecular complexity index is 1740. The smallest absolute Gasteiger partial charge is 0.233 e. The number of para-hydroxylation sites is 1. The molecule has 2 heterocycles. The van der Waals surface area contributed by atoms with E-state index in [4.69, 9.17) is 28.4 Å². The van der Waals surface area contributed by atoms with Crippen molar-refractivity contribution in [3.8, 4) is 5.75 Å². The van der Waals surface area contributed by atoms with Gasteiger partial charge in [0.2, 0.25) is 5.91 Å². The van der Waals surface area contributed by atoms with Gasteiger partial charge in [-0.3, -0.25) is 4.79 Å². The normalized spacial score (nSPS) is 23.2. The van der Waals surface area contributed by atoms with Crippen molar-refractivity contribution in [2.45, 2.75) is 154 Å². The van der Waals surface area contributed by atoms with Crippen LogP contribution < -0.4 is 9.64 Å². The molecule has 0 radical (unpaired) electrons. The van der Waals surface area contributed by atoms with Gasteiger partial charge in [-0.2, -0.15) is 0 Å². The summed E-state index contributed by atoms with van der Waals surface area (Å²) in [4.78, 5) is 15.8. The number of carbonyl (C=O) groups is 1. The van der Waals surface area contributed by atoms with Crippen molar-refractivity contribution in [1.82, 2.24) is 0 Å². The summed E-state index contributed by atoms with van der Waals surface area (Å²) in [5, 5.41) is 11.1. The lowest BCUT2D eigenvalue weighted by Gasteiger charge is -2.48. The van der Waals surface area contributed by atoms with Crippen LogP contribution in [0.15, 0.2) is 78.9 Å². The molecule has 0 aliphatic carbocycles. The first-order valence-corrected chi connectivity index (χ1v) is 23.7. The van der Waals surface area contributed by atoms with Gasteiger partial charge in [-0.25, -0.2) is 4.39 Å². The van der Waals surface area contributed by atoms with Crippen molar-refractivity contribution in [2.24, 2.45) is 5.92 Å². The molecule has 0 saturated carbocycles. The largest absolute Gasteiger partial charge is 0.493 e. The number of anilines is 1. The van der Waals surface area contributed by atoms with Crippen LogP contribution in [0.1, 0.15) is 141 Å². The zero-order valence-electron chi connectivity index (χ0n) is 38.1. The number of β-lactam (4-membered cyclic amide) rings is 1. The van der Waals surface area contributed by atoms with Gasteiger partial charge in [-0.15, -0.1) is 0 Å². The monoisotopic (exact) mass is 860 g/mol. The first kappa shape index (κ1) is 49.4. The fourth-order valence-corrected chi connectivity index (χ4v) is 8.16. The number of unbranched alkanes of at least 4 members (excludes halogenated alkanes) is 5. The van der Waals surface area contributed by atoms with E-state index in [0.717, 1.165) is 86.8 Å². The van der Waals surface area contributed by atoms with E-state index in [1.807, 2.05) is 35.2 Å². The Hall–Kier alpha value is -3.64. The topological polar surface area (TPSA) is 95.9 Å². The molecule has 2 unspecified atom stereocenters. The van der Waals surface area contributed by atoms with E-state index >= 15 is 0 Å². The second-order valence-electron chi connectivity index (χ2n) is 16.7. The highest BCUT2D eigenvalue weighted by Gasteiger charge is 2.50. The molecule has 9 nitrogen and oxygen atoms in total. The molecule has 0 aromatic heterocycles. The molecule has 5 rings (SSSR count). The van der Waals surface area contributed by atoms with Gasteiger partial charge in [-0.05, 0) is 86.4 Å². The molecule has 0 spiro atoms. The molecule has 2 fully saturated rings. The van der Waals surface area contributed by atoms with Crippen LogP contribution in [0.3, 0.4) is 0 Å². The highest BCUT2D eigenvalue weighted by molar-refractivity contribution is 6.03. The third kappa shape index (κ3) is 13.9. The average Bonchev–Trinajstić information content (AvgIpc) is 3.28. The zero-order chi connectivity index (χ0) is 44.1. The second-order valence-corrected chi connectivity index (χ2v) is 16.7. The molecule has 0 bridgehead atoms. The molecule has 3 aromatic carbocycles. The number of halogens is 1. The Labute approximate surface area is 371 Å². The van der Waals surface area contributed by atoms with Gasteiger partial charge >= 0.3 is 0 Å². The minimum atomic E-state index is -0.822. The quantitative estimate of drug-likeness (QED) is 0.0545.